The van der Waals surface area contributed by atoms with Crippen LogP contribution in [0, 0.1) is 5.92 Å². The van der Waals surface area contributed by atoms with Crippen LogP contribution in [0.3, 0.4) is 0 Å². The molecule has 2 amide bonds. The summed E-state index contributed by atoms with van der Waals surface area (Å²) in [7, 11) is 0. The molecule has 3 saturated heterocycles. The minimum Gasteiger partial charge on any atom is -0.357 e. The van der Waals surface area contributed by atoms with Crippen LogP contribution in [-0.2, 0) is 4.79 Å². The summed E-state index contributed by atoms with van der Waals surface area (Å²) in [4.78, 5) is 30.9. The molecule has 4 heterocycles. The first-order chi connectivity index (χ1) is 9.15. The molecule has 0 saturated carbocycles. The van der Waals surface area contributed by atoms with Gasteiger partial charge < -0.3 is 14.8 Å². The van der Waals surface area contributed by atoms with E-state index in [1.165, 1.54) is 0 Å². The van der Waals surface area contributed by atoms with Crippen LogP contribution in [0.15, 0.2) is 18.3 Å². The van der Waals surface area contributed by atoms with E-state index in [-0.39, 0.29) is 17.9 Å². The molecule has 0 spiro atoms. The average molecular weight is 261 g/mol. The van der Waals surface area contributed by atoms with Gasteiger partial charge in [0.2, 0.25) is 5.91 Å². The minimum atomic E-state index is 0.0603. The predicted molar refractivity (Wildman–Crippen MR) is 70.6 cm³/mol. The number of hydrogen-bond acceptors (Lipinski definition) is 2. The highest BCUT2D eigenvalue weighted by atomic mass is 16.2. The highest BCUT2D eigenvalue weighted by molar-refractivity contribution is 5.92. The second-order valence-electron chi connectivity index (χ2n) is 5.56. The predicted octanol–water partition coefficient (Wildman–Crippen LogP) is 1.10. The monoisotopic (exact) mass is 261 g/mol. The van der Waals surface area contributed by atoms with E-state index in [9.17, 15) is 9.59 Å². The van der Waals surface area contributed by atoms with Crippen molar-refractivity contribution in [2.24, 2.45) is 5.92 Å². The number of piperidine rings is 1. The Morgan fingerprint density at radius 1 is 1.26 bits per heavy atom. The number of carbonyl (C=O) groups is 2. The van der Waals surface area contributed by atoms with E-state index in [0.29, 0.717) is 18.2 Å². The number of nitrogens with one attached hydrogen (secondary N) is 1. The van der Waals surface area contributed by atoms with Crippen LogP contribution in [0.1, 0.15) is 30.3 Å². The number of H-pyrrole nitrogens is 1. The third-order valence-corrected chi connectivity index (χ3v) is 4.25. The Morgan fingerprint density at radius 2 is 2.11 bits per heavy atom. The molecule has 102 valence electrons. The highest BCUT2D eigenvalue weighted by Gasteiger charge is 2.38. The third-order valence-electron chi connectivity index (χ3n) is 4.25. The molecule has 0 radical (unpaired) electrons. The van der Waals surface area contributed by atoms with Crippen LogP contribution in [0.25, 0.3) is 0 Å². The third kappa shape index (κ3) is 2.25. The molecule has 2 atom stereocenters. The van der Waals surface area contributed by atoms with Gasteiger partial charge in [-0.05, 0) is 30.9 Å². The number of fused-ring (bicyclic) bond motifs is 4. The van der Waals surface area contributed by atoms with Crippen LogP contribution in [0.5, 0.6) is 0 Å². The zero-order valence-electron chi connectivity index (χ0n) is 11.1. The Hall–Kier alpha value is -1.78. The molecule has 1 N–H and O–H groups in total. The minimum absolute atomic E-state index is 0.0603. The Kier molecular flexibility index (Phi) is 3.05. The van der Waals surface area contributed by atoms with Crippen molar-refractivity contribution in [2.45, 2.75) is 25.8 Å². The molecule has 4 rings (SSSR count). The molecule has 19 heavy (non-hydrogen) atoms. The fourth-order valence-electron chi connectivity index (χ4n) is 3.21. The second kappa shape index (κ2) is 4.72. The SMILES string of the molecule is CC(=O)N1C[C@H]2CC[C@@H](C1)N(C(=O)c1ccc[nH]1)C2. The van der Waals surface area contributed by atoms with Crippen molar-refractivity contribution < 1.29 is 9.59 Å². The first-order valence-corrected chi connectivity index (χ1v) is 6.85. The number of carbonyl (C=O) groups excluding carboxylic acids is 2. The molecular formula is C14H19N3O2. The summed E-state index contributed by atoms with van der Waals surface area (Å²) in [6.07, 6.45) is 3.88. The van der Waals surface area contributed by atoms with E-state index >= 15 is 0 Å². The maximum absolute atomic E-state index is 12.5. The fraction of sp³-hybridized carbons (Fsp3) is 0.571. The van der Waals surface area contributed by atoms with Crippen LogP contribution < -0.4 is 0 Å². The van der Waals surface area contributed by atoms with Crippen LogP contribution in [-0.4, -0.2) is 52.3 Å². The van der Waals surface area contributed by atoms with Gasteiger partial charge in [0.25, 0.3) is 5.91 Å². The molecule has 1 aromatic heterocycles. The molecule has 0 aliphatic carbocycles. The first kappa shape index (κ1) is 12.3. The van der Waals surface area contributed by atoms with Crippen molar-refractivity contribution in [2.75, 3.05) is 19.6 Å². The fourth-order valence-corrected chi connectivity index (χ4v) is 3.21. The zero-order valence-corrected chi connectivity index (χ0v) is 11.1. The van der Waals surface area contributed by atoms with E-state index in [1.807, 2.05) is 21.9 Å². The molecule has 5 heteroatoms. The summed E-state index contributed by atoms with van der Waals surface area (Å²) in [6, 6.07) is 3.81. The lowest BCUT2D eigenvalue weighted by Gasteiger charge is -2.35. The lowest BCUT2D eigenvalue weighted by atomic mass is 9.95. The normalized spacial score (nSPS) is 26.4. The Labute approximate surface area is 112 Å². The van der Waals surface area contributed by atoms with Gasteiger partial charge in [-0.3, -0.25) is 9.59 Å². The van der Waals surface area contributed by atoms with Gasteiger partial charge in [0, 0.05) is 38.8 Å². The Balaban J connectivity index is 1.81. The van der Waals surface area contributed by atoms with Gasteiger partial charge in [-0.2, -0.15) is 0 Å². The summed E-state index contributed by atoms with van der Waals surface area (Å²) in [5.41, 5.74) is 0.641. The molecule has 3 fully saturated rings. The number of aromatic nitrogens is 1. The van der Waals surface area contributed by atoms with Crippen LogP contribution in [0.4, 0.5) is 0 Å². The lowest BCUT2D eigenvalue weighted by molar-refractivity contribution is -0.129. The summed E-state index contributed by atoms with van der Waals surface area (Å²) < 4.78 is 0. The van der Waals surface area contributed by atoms with E-state index in [4.69, 9.17) is 0 Å². The van der Waals surface area contributed by atoms with Crippen LogP contribution in [0.2, 0.25) is 0 Å². The van der Waals surface area contributed by atoms with Gasteiger partial charge in [-0.25, -0.2) is 0 Å². The van der Waals surface area contributed by atoms with Gasteiger partial charge >= 0.3 is 0 Å². The van der Waals surface area contributed by atoms with Crippen LogP contribution >= 0.6 is 0 Å². The number of nitrogens with zero attached hydrogens (tertiary/aromatic N) is 2. The van der Waals surface area contributed by atoms with E-state index < -0.39 is 0 Å². The Bertz CT molecular complexity index is 483. The summed E-state index contributed by atoms with van der Waals surface area (Å²) in [6.45, 7) is 3.85. The maximum atomic E-state index is 12.5. The molecule has 3 aliphatic heterocycles. The standard InChI is InChI=1S/C14H19N3O2/c1-10(18)16-7-11-4-5-12(9-16)17(8-11)14(19)13-3-2-6-15-13/h2-3,6,11-12,15H,4-5,7-9H2,1H3/t11-,12+/m1/s1. The van der Waals surface area contributed by atoms with Crippen molar-refractivity contribution in [3.8, 4) is 0 Å². The van der Waals surface area contributed by atoms with Gasteiger partial charge in [-0.15, -0.1) is 0 Å². The molecule has 1 aromatic rings. The van der Waals surface area contributed by atoms with Crippen molar-refractivity contribution in [3.63, 3.8) is 0 Å². The summed E-state index contributed by atoms with van der Waals surface area (Å²) in [5, 5.41) is 0. The van der Waals surface area contributed by atoms with E-state index in [2.05, 4.69) is 4.98 Å². The summed E-state index contributed by atoms with van der Waals surface area (Å²) >= 11 is 0. The van der Waals surface area contributed by atoms with Crippen molar-refractivity contribution >= 4 is 11.8 Å². The lowest BCUT2D eigenvalue weighted by Crippen LogP contribution is -2.47. The topological polar surface area (TPSA) is 56.4 Å². The summed E-state index contributed by atoms with van der Waals surface area (Å²) in [5.74, 6) is 0.595. The van der Waals surface area contributed by atoms with E-state index in [1.54, 1.807) is 13.1 Å². The molecule has 0 unspecified atom stereocenters. The van der Waals surface area contributed by atoms with Crippen molar-refractivity contribution in [1.29, 1.82) is 0 Å². The van der Waals surface area contributed by atoms with Gasteiger partial charge in [0.05, 0.1) is 0 Å². The number of hydrogen-bond donors (Lipinski definition) is 1. The van der Waals surface area contributed by atoms with Gasteiger partial charge in [0.15, 0.2) is 0 Å². The molecule has 0 aromatic carbocycles. The largest absolute Gasteiger partial charge is 0.357 e. The number of rotatable bonds is 1. The smallest absolute Gasteiger partial charge is 0.270 e. The quantitative estimate of drug-likeness (QED) is 0.823. The van der Waals surface area contributed by atoms with Crippen molar-refractivity contribution in [1.82, 2.24) is 14.8 Å². The molecule has 5 nitrogen and oxygen atoms in total. The van der Waals surface area contributed by atoms with Gasteiger partial charge in [0.1, 0.15) is 5.69 Å². The maximum Gasteiger partial charge on any atom is 0.270 e. The van der Waals surface area contributed by atoms with Gasteiger partial charge in [-0.1, -0.05) is 0 Å². The Morgan fingerprint density at radius 3 is 2.79 bits per heavy atom. The number of amides is 2. The average Bonchev–Trinajstić information content (AvgIpc) is 2.77. The second-order valence-corrected chi connectivity index (χ2v) is 5.56. The molecule has 3 aliphatic rings. The highest BCUT2D eigenvalue weighted by Crippen LogP contribution is 2.29. The molecule has 2 bridgehead atoms. The molecular weight excluding hydrogens is 242 g/mol. The number of aromatic amines is 1. The van der Waals surface area contributed by atoms with E-state index in [0.717, 1.165) is 25.9 Å². The zero-order chi connectivity index (χ0) is 13.4. The first-order valence-electron chi connectivity index (χ1n) is 6.85. The van der Waals surface area contributed by atoms with Crippen molar-refractivity contribution in [3.05, 3.63) is 24.0 Å².